The van der Waals surface area contributed by atoms with Crippen LogP contribution in [0, 0.1) is 0 Å². The molecule has 4 N–H and O–H groups in total. The van der Waals surface area contributed by atoms with Gasteiger partial charge in [-0.2, -0.15) is 13.2 Å². The number of aliphatic carboxylic acids is 2. The van der Waals surface area contributed by atoms with Crippen molar-refractivity contribution >= 4 is 18.0 Å². The van der Waals surface area contributed by atoms with Gasteiger partial charge in [0.05, 0.1) is 6.42 Å². The van der Waals surface area contributed by atoms with E-state index in [0.717, 1.165) is 0 Å². The minimum atomic E-state index is -4.43. The molecule has 0 bridgehead atoms. The van der Waals surface area contributed by atoms with Gasteiger partial charge in [0, 0.05) is 13.0 Å². The van der Waals surface area contributed by atoms with E-state index in [1.54, 1.807) is 0 Å². The van der Waals surface area contributed by atoms with Crippen molar-refractivity contribution in [3.05, 3.63) is 0 Å². The van der Waals surface area contributed by atoms with Crippen molar-refractivity contribution in [1.29, 1.82) is 0 Å². The number of halogens is 3. The Kier molecular flexibility index (Phi) is 6.66. The van der Waals surface area contributed by atoms with Gasteiger partial charge in [0.1, 0.15) is 6.04 Å². The van der Waals surface area contributed by atoms with Gasteiger partial charge in [-0.25, -0.2) is 9.59 Å². The topological polar surface area (TPSA) is 116 Å². The minimum Gasteiger partial charge on any atom is -0.481 e. The van der Waals surface area contributed by atoms with Gasteiger partial charge >= 0.3 is 24.1 Å². The Morgan fingerprint density at radius 2 is 1.74 bits per heavy atom. The Balaban J connectivity index is 4.10. The molecule has 19 heavy (non-hydrogen) atoms. The van der Waals surface area contributed by atoms with E-state index in [0.29, 0.717) is 0 Å². The predicted molar refractivity (Wildman–Crippen MR) is 55.5 cm³/mol. The number of carbonyl (C=O) groups is 3. The quantitative estimate of drug-likeness (QED) is 0.545. The molecule has 0 saturated carbocycles. The molecular weight excluding hydrogens is 273 g/mol. The molecule has 0 aliphatic rings. The first-order chi connectivity index (χ1) is 8.61. The smallest absolute Gasteiger partial charge is 0.390 e. The number of carboxylic acids is 2. The maximum Gasteiger partial charge on any atom is 0.390 e. The molecule has 1 atom stereocenters. The Bertz CT molecular complexity index is 345. The van der Waals surface area contributed by atoms with Crippen molar-refractivity contribution in [2.75, 3.05) is 6.54 Å². The van der Waals surface area contributed by atoms with Crippen LogP contribution in [0.25, 0.3) is 0 Å². The van der Waals surface area contributed by atoms with Crippen molar-refractivity contribution in [2.45, 2.75) is 31.5 Å². The Morgan fingerprint density at radius 1 is 1.16 bits per heavy atom. The minimum absolute atomic E-state index is 0.364. The van der Waals surface area contributed by atoms with Crippen LogP contribution in [0.4, 0.5) is 18.0 Å². The third-order valence-corrected chi connectivity index (χ3v) is 1.94. The highest BCUT2D eigenvalue weighted by molar-refractivity contribution is 5.82. The van der Waals surface area contributed by atoms with Crippen molar-refractivity contribution in [1.82, 2.24) is 10.6 Å². The first-order valence-electron chi connectivity index (χ1n) is 5.17. The van der Waals surface area contributed by atoms with Gasteiger partial charge in [-0.15, -0.1) is 0 Å². The van der Waals surface area contributed by atoms with E-state index in [9.17, 15) is 27.6 Å². The zero-order valence-corrected chi connectivity index (χ0v) is 9.66. The number of amides is 2. The molecule has 0 aliphatic carbocycles. The molecule has 0 aromatic carbocycles. The fraction of sp³-hybridized carbons (Fsp3) is 0.667. The number of hydrogen-bond donors (Lipinski definition) is 4. The van der Waals surface area contributed by atoms with Gasteiger partial charge < -0.3 is 20.8 Å². The fourth-order valence-corrected chi connectivity index (χ4v) is 1.05. The molecule has 0 aromatic heterocycles. The van der Waals surface area contributed by atoms with Gasteiger partial charge in [-0.3, -0.25) is 4.79 Å². The first-order valence-corrected chi connectivity index (χ1v) is 5.17. The number of urea groups is 1. The van der Waals surface area contributed by atoms with Gasteiger partial charge in [-0.05, 0) is 6.42 Å². The van der Waals surface area contributed by atoms with E-state index in [2.05, 4.69) is 0 Å². The number of hydrogen-bond acceptors (Lipinski definition) is 3. The second-order valence-electron chi connectivity index (χ2n) is 3.59. The number of carbonyl (C=O) groups excluding carboxylic acids is 1. The summed E-state index contributed by atoms with van der Waals surface area (Å²) in [6.07, 6.45) is -6.52. The monoisotopic (exact) mass is 286 g/mol. The molecule has 0 saturated heterocycles. The molecule has 0 unspecified atom stereocenters. The summed E-state index contributed by atoms with van der Waals surface area (Å²) < 4.78 is 35.3. The van der Waals surface area contributed by atoms with E-state index < -0.39 is 49.6 Å². The standard InChI is InChI=1S/C9H13F3N2O5/c10-9(11,12)3-4-13-8(19)14-5(7(17)18)1-2-6(15)16/h5H,1-4H2,(H,15,16)(H,17,18)(H2,13,14,19)/t5-/m0/s1. The van der Waals surface area contributed by atoms with Crippen molar-refractivity contribution in [3.63, 3.8) is 0 Å². The van der Waals surface area contributed by atoms with Gasteiger partial charge in [0.15, 0.2) is 0 Å². The van der Waals surface area contributed by atoms with Crippen LogP contribution < -0.4 is 10.6 Å². The van der Waals surface area contributed by atoms with Crippen LogP contribution in [0.15, 0.2) is 0 Å². The number of alkyl halides is 3. The Morgan fingerprint density at radius 3 is 2.16 bits per heavy atom. The molecule has 0 aromatic rings. The number of nitrogens with one attached hydrogen (secondary N) is 2. The molecule has 7 nitrogen and oxygen atoms in total. The van der Waals surface area contributed by atoms with Crippen LogP contribution >= 0.6 is 0 Å². The van der Waals surface area contributed by atoms with E-state index in [1.165, 1.54) is 0 Å². The lowest BCUT2D eigenvalue weighted by molar-refractivity contribution is -0.140. The molecule has 0 radical (unpaired) electrons. The molecule has 2 amide bonds. The molecule has 110 valence electrons. The van der Waals surface area contributed by atoms with Crippen molar-refractivity contribution in [2.24, 2.45) is 0 Å². The Hall–Kier alpha value is -2.00. The summed E-state index contributed by atoms with van der Waals surface area (Å²) >= 11 is 0. The summed E-state index contributed by atoms with van der Waals surface area (Å²) in [5, 5.41) is 20.7. The normalized spacial score (nSPS) is 12.6. The molecule has 0 spiro atoms. The fourth-order valence-electron chi connectivity index (χ4n) is 1.05. The third-order valence-electron chi connectivity index (χ3n) is 1.94. The van der Waals surface area contributed by atoms with E-state index in [-0.39, 0.29) is 6.42 Å². The van der Waals surface area contributed by atoms with E-state index in [1.807, 2.05) is 10.6 Å². The van der Waals surface area contributed by atoms with Gasteiger partial charge in [0.25, 0.3) is 0 Å². The maximum absolute atomic E-state index is 11.8. The number of rotatable bonds is 7. The highest BCUT2D eigenvalue weighted by Gasteiger charge is 2.27. The highest BCUT2D eigenvalue weighted by Crippen LogP contribution is 2.17. The van der Waals surface area contributed by atoms with E-state index >= 15 is 0 Å². The second kappa shape index (κ2) is 7.44. The van der Waals surface area contributed by atoms with Gasteiger partial charge in [0.2, 0.25) is 0 Å². The van der Waals surface area contributed by atoms with Crippen LogP contribution in [-0.2, 0) is 9.59 Å². The average molecular weight is 286 g/mol. The number of carboxylic acid groups (broad SMARTS) is 2. The van der Waals surface area contributed by atoms with Crippen LogP contribution in [0.2, 0.25) is 0 Å². The first kappa shape index (κ1) is 17.0. The Labute approximate surface area is 105 Å². The van der Waals surface area contributed by atoms with Crippen molar-refractivity contribution < 1.29 is 37.8 Å². The summed E-state index contributed by atoms with van der Waals surface area (Å²) in [4.78, 5) is 32.0. The molecule has 0 fully saturated rings. The van der Waals surface area contributed by atoms with Crippen LogP contribution in [0.5, 0.6) is 0 Å². The SMILES string of the molecule is O=C(O)CC[C@H](NC(=O)NCCC(F)(F)F)C(=O)O. The molecular formula is C9H13F3N2O5. The highest BCUT2D eigenvalue weighted by atomic mass is 19.4. The largest absolute Gasteiger partial charge is 0.481 e. The van der Waals surface area contributed by atoms with Crippen LogP contribution in [0.1, 0.15) is 19.3 Å². The lowest BCUT2D eigenvalue weighted by Crippen LogP contribution is -2.46. The molecule has 0 heterocycles. The van der Waals surface area contributed by atoms with Crippen LogP contribution in [-0.4, -0.2) is 46.9 Å². The van der Waals surface area contributed by atoms with Crippen LogP contribution in [0.3, 0.4) is 0 Å². The van der Waals surface area contributed by atoms with Gasteiger partial charge in [-0.1, -0.05) is 0 Å². The predicted octanol–water partition coefficient (Wildman–Crippen LogP) is 0.556. The summed E-state index contributed by atoms with van der Waals surface area (Å²) in [5.41, 5.74) is 0. The zero-order chi connectivity index (χ0) is 15.1. The third kappa shape index (κ3) is 9.68. The summed E-state index contributed by atoms with van der Waals surface area (Å²) in [7, 11) is 0. The average Bonchev–Trinajstić information content (AvgIpc) is 2.21. The molecule has 0 aliphatic heterocycles. The lowest BCUT2D eigenvalue weighted by Gasteiger charge is -2.14. The zero-order valence-electron chi connectivity index (χ0n) is 9.66. The molecule has 10 heteroatoms. The second-order valence-corrected chi connectivity index (χ2v) is 3.59. The maximum atomic E-state index is 11.8. The van der Waals surface area contributed by atoms with E-state index in [4.69, 9.17) is 10.2 Å². The molecule has 0 rings (SSSR count). The summed E-state index contributed by atoms with van der Waals surface area (Å²) in [5.74, 6) is -2.71. The summed E-state index contributed by atoms with van der Waals surface area (Å²) in [6, 6.07) is -2.57. The summed E-state index contributed by atoms with van der Waals surface area (Å²) in [6.45, 7) is -0.694. The van der Waals surface area contributed by atoms with Crippen molar-refractivity contribution in [3.8, 4) is 0 Å². The lowest BCUT2D eigenvalue weighted by atomic mass is 10.1.